The van der Waals surface area contributed by atoms with Gasteiger partial charge in [-0.1, -0.05) is 0 Å². The number of aliphatic hydroxyl groups excluding tert-OH is 1. The molecule has 1 saturated heterocycles. The van der Waals surface area contributed by atoms with Gasteiger partial charge in [0.2, 0.25) is 11.8 Å². The van der Waals surface area contributed by atoms with Crippen molar-refractivity contribution in [1.29, 1.82) is 5.26 Å². The van der Waals surface area contributed by atoms with Gasteiger partial charge in [-0.2, -0.15) is 5.26 Å². The third-order valence-electron chi connectivity index (χ3n) is 4.91. The third-order valence-corrected chi connectivity index (χ3v) is 4.91. The van der Waals surface area contributed by atoms with Crippen molar-refractivity contribution in [3.05, 3.63) is 24.0 Å². The number of aliphatic hydroxyl groups is 1. The molecule has 7 nitrogen and oxygen atoms in total. The molecule has 1 aromatic heterocycles. The summed E-state index contributed by atoms with van der Waals surface area (Å²) < 4.78 is 1.37. The number of hydrogen-bond donors (Lipinski definition) is 2. The first-order valence-electron chi connectivity index (χ1n) is 7.85. The Morgan fingerprint density at radius 1 is 1.30 bits per heavy atom. The molecule has 0 aromatic carbocycles. The molecule has 0 radical (unpaired) electrons. The second kappa shape index (κ2) is 6.52. The fourth-order valence-corrected chi connectivity index (χ4v) is 3.78. The van der Waals surface area contributed by atoms with Gasteiger partial charge in [-0.15, -0.1) is 0 Å². The summed E-state index contributed by atoms with van der Waals surface area (Å²) >= 11 is 0. The number of rotatable bonds is 4. The van der Waals surface area contributed by atoms with Crippen LogP contribution in [0, 0.1) is 23.2 Å². The molecule has 1 aliphatic heterocycles. The van der Waals surface area contributed by atoms with Crippen LogP contribution in [-0.4, -0.2) is 58.7 Å². The zero-order valence-corrected chi connectivity index (χ0v) is 12.8. The molecular weight excluding hydrogens is 296 g/mol. The van der Waals surface area contributed by atoms with Crippen molar-refractivity contribution in [3.63, 3.8) is 0 Å². The highest BCUT2D eigenvalue weighted by Gasteiger charge is 2.42. The first-order chi connectivity index (χ1) is 11.1. The number of aromatic nitrogens is 1. The highest BCUT2D eigenvalue weighted by atomic mass is 16.3. The van der Waals surface area contributed by atoms with Crippen LogP contribution in [0.2, 0.25) is 0 Å². The Hall–Kier alpha value is -2.17. The average molecular weight is 316 g/mol. The number of nitrogens with one attached hydrogen (secondary N) is 1. The van der Waals surface area contributed by atoms with E-state index in [4.69, 9.17) is 10.4 Å². The highest BCUT2D eigenvalue weighted by Crippen LogP contribution is 2.38. The first kappa shape index (κ1) is 15.7. The third kappa shape index (κ3) is 3.14. The summed E-state index contributed by atoms with van der Waals surface area (Å²) in [5.74, 6) is 0.551. The van der Waals surface area contributed by atoms with Gasteiger partial charge in [0.1, 0.15) is 18.4 Å². The van der Waals surface area contributed by atoms with Crippen LogP contribution < -0.4 is 5.32 Å². The Balaban J connectivity index is 1.48. The van der Waals surface area contributed by atoms with Crippen molar-refractivity contribution in [1.82, 2.24) is 14.8 Å². The van der Waals surface area contributed by atoms with E-state index in [0.717, 1.165) is 12.8 Å². The van der Waals surface area contributed by atoms with Gasteiger partial charge in [0.25, 0.3) is 0 Å². The number of nitrogens with zero attached hydrogens (tertiary/aromatic N) is 3. The van der Waals surface area contributed by atoms with Gasteiger partial charge in [-0.05, 0) is 36.8 Å². The van der Waals surface area contributed by atoms with E-state index in [1.807, 2.05) is 6.07 Å². The Labute approximate surface area is 134 Å². The quantitative estimate of drug-likeness (QED) is 0.803. The minimum Gasteiger partial charge on any atom is -0.387 e. The van der Waals surface area contributed by atoms with Gasteiger partial charge in [0.05, 0.1) is 6.54 Å². The number of nitriles is 1. The second-order valence-corrected chi connectivity index (χ2v) is 6.30. The summed E-state index contributed by atoms with van der Waals surface area (Å²) in [4.78, 5) is 25.4. The molecule has 1 aromatic rings. The van der Waals surface area contributed by atoms with E-state index in [2.05, 4.69) is 5.32 Å². The van der Waals surface area contributed by atoms with E-state index < -0.39 is 6.61 Å². The maximum atomic E-state index is 12.1. The Morgan fingerprint density at radius 2 is 2.00 bits per heavy atom. The van der Waals surface area contributed by atoms with E-state index in [9.17, 15) is 9.59 Å². The number of hydrogen-bond acceptors (Lipinski definition) is 5. The van der Waals surface area contributed by atoms with Gasteiger partial charge in [-0.25, -0.2) is 0 Å². The van der Waals surface area contributed by atoms with Crippen LogP contribution in [0.4, 0.5) is 0 Å². The molecule has 0 bridgehead atoms. The molecule has 0 spiro atoms. The van der Waals surface area contributed by atoms with Crippen LogP contribution in [0.1, 0.15) is 23.3 Å². The minimum atomic E-state index is -0.423. The molecule has 3 atom stereocenters. The summed E-state index contributed by atoms with van der Waals surface area (Å²) in [5, 5.41) is 21.1. The zero-order valence-electron chi connectivity index (χ0n) is 12.8. The van der Waals surface area contributed by atoms with Gasteiger partial charge >= 0.3 is 0 Å². The second-order valence-electron chi connectivity index (χ2n) is 6.30. The zero-order chi connectivity index (χ0) is 16.4. The van der Waals surface area contributed by atoms with Crippen molar-refractivity contribution in [2.75, 3.05) is 26.2 Å². The van der Waals surface area contributed by atoms with E-state index in [0.29, 0.717) is 30.6 Å². The summed E-state index contributed by atoms with van der Waals surface area (Å²) in [6.45, 7) is 1.18. The lowest BCUT2D eigenvalue weighted by Crippen LogP contribution is -2.37. The first-order valence-corrected chi connectivity index (χ1v) is 7.85. The van der Waals surface area contributed by atoms with Crippen LogP contribution in [0.5, 0.6) is 0 Å². The van der Waals surface area contributed by atoms with Crippen LogP contribution in [0.25, 0.3) is 0 Å². The summed E-state index contributed by atoms with van der Waals surface area (Å²) in [7, 11) is 0. The van der Waals surface area contributed by atoms with Crippen molar-refractivity contribution in [3.8, 4) is 6.07 Å². The van der Waals surface area contributed by atoms with Crippen LogP contribution in [0.15, 0.2) is 18.3 Å². The van der Waals surface area contributed by atoms with Crippen molar-refractivity contribution < 1.29 is 14.7 Å². The molecule has 7 heteroatoms. The molecule has 1 amide bonds. The Kier molecular flexibility index (Phi) is 4.46. The fourth-order valence-electron chi connectivity index (χ4n) is 3.78. The van der Waals surface area contributed by atoms with E-state index in [-0.39, 0.29) is 24.4 Å². The highest BCUT2D eigenvalue weighted by molar-refractivity contribution is 5.82. The fraction of sp³-hybridized carbons (Fsp3) is 0.562. The lowest BCUT2D eigenvalue weighted by molar-refractivity contribution is -0.133. The Morgan fingerprint density at radius 3 is 2.61 bits per heavy atom. The number of fused-ring (bicyclic) bond motifs is 1. The summed E-state index contributed by atoms with van der Waals surface area (Å²) in [5.41, 5.74) is 0.346. The number of amides is 1. The molecule has 122 valence electrons. The molecule has 2 N–H and O–H groups in total. The smallest absolute Gasteiger partial charge is 0.248 e. The monoisotopic (exact) mass is 316 g/mol. The topological polar surface area (TPSA) is 98.4 Å². The predicted octanol–water partition coefficient (Wildman–Crippen LogP) is -0.181. The average Bonchev–Trinajstić information content (AvgIpc) is 3.24. The predicted molar refractivity (Wildman–Crippen MR) is 81.4 cm³/mol. The molecule has 1 saturated carbocycles. The number of likely N-dealkylation sites (tertiary alicyclic amines) is 1. The van der Waals surface area contributed by atoms with Crippen LogP contribution in [-0.2, 0) is 4.79 Å². The maximum Gasteiger partial charge on any atom is 0.248 e. The molecule has 23 heavy (non-hydrogen) atoms. The van der Waals surface area contributed by atoms with Gasteiger partial charge in [0.15, 0.2) is 0 Å². The van der Waals surface area contributed by atoms with E-state index in [1.165, 1.54) is 4.57 Å². The standard InChI is InChI=1S/C16H20N4O3/c17-6-14-2-1-3-20(14)15(22)7-18-13-4-11-8-19(16(23)10-21)9-12(11)5-13/h1-3,11-13,18,21H,4-5,7-10H2/t11-,12+,13?. The SMILES string of the molecule is N#Cc1cccn1C(=O)CNC1C[C@@H]2CN(C(=O)CO)C[C@@H]2C1. The van der Waals surface area contributed by atoms with Gasteiger partial charge < -0.3 is 15.3 Å². The molecule has 1 unspecified atom stereocenters. The molecule has 2 fully saturated rings. The van der Waals surface area contributed by atoms with Crippen molar-refractivity contribution in [2.45, 2.75) is 18.9 Å². The van der Waals surface area contributed by atoms with Gasteiger partial charge in [0, 0.05) is 25.3 Å². The summed E-state index contributed by atoms with van der Waals surface area (Å²) in [6, 6.07) is 5.56. The molecular formula is C16H20N4O3. The van der Waals surface area contributed by atoms with E-state index in [1.54, 1.807) is 23.2 Å². The minimum absolute atomic E-state index is 0.138. The van der Waals surface area contributed by atoms with Crippen LogP contribution in [0.3, 0.4) is 0 Å². The van der Waals surface area contributed by atoms with Crippen molar-refractivity contribution >= 4 is 11.8 Å². The maximum absolute atomic E-state index is 12.1. The number of carbonyl (C=O) groups excluding carboxylic acids is 2. The van der Waals surface area contributed by atoms with Crippen molar-refractivity contribution in [2.24, 2.45) is 11.8 Å². The molecule has 3 rings (SSSR count). The van der Waals surface area contributed by atoms with E-state index >= 15 is 0 Å². The molecule has 2 aliphatic rings. The van der Waals surface area contributed by atoms with Gasteiger partial charge in [-0.3, -0.25) is 14.2 Å². The Bertz CT molecular complexity index is 634. The molecule has 2 heterocycles. The van der Waals surface area contributed by atoms with Crippen LogP contribution >= 0.6 is 0 Å². The molecule has 1 aliphatic carbocycles. The summed E-state index contributed by atoms with van der Waals surface area (Å²) in [6.07, 6.45) is 3.47. The number of carbonyl (C=O) groups is 2. The normalized spacial score (nSPS) is 26.1. The lowest BCUT2D eigenvalue weighted by Gasteiger charge is -2.19. The largest absolute Gasteiger partial charge is 0.387 e. The lowest BCUT2D eigenvalue weighted by atomic mass is 10.0.